The molecule has 0 aliphatic heterocycles. The van der Waals surface area contributed by atoms with Crippen molar-refractivity contribution in [2.75, 3.05) is 0 Å². The number of hydrazone groups is 1. The van der Waals surface area contributed by atoms with Crippen LogP contribution in [0.3, 0.4) is 0 Å². The first kappa shape index (κ1) is 20.7. The van der Waals surface area contributed by atoms with Crippen LogP contribution < -0.4 is 10.7 Å². The van der Waals surface area contributed by atoms with Crippen LogP contribution in [-0.4, -0.2) is 29.0 Å². The highest BCUT2D eigenvalue weighted by Crippen LogP contribution is 2.10. The Balaban J connectivity index is 1.99. The monoisotopic (exact) mass is 386 g/mol. The van der Waals surface area contributed by atoms with Crippen LogP contribution in [0.25, 0.3) is 0 Å². The van der Waals surface area contributed by atoms with Crippen LogP contribution in [0.2, 0.25) is 0 Å². The molecule has 0 saturated heterocycles. The molecule has 2 N–H and O–H groups in total. The molecule has 0 radical (unpaired) electrons. The lowest BCUT2D eigenvalue weighted by Gasteiger charge is -2.20. The number of nitro benzene ring substituents is 1. The standard InChI is InChI=1S/C19H19FN4O4/c1-12(2)17(22-18(25)14-5-7-15(20)8-6-14)19(26)23-21-11-13-3-9-16(10-4-13)24(27)28/h3-12,17H,1-2H3,(H,22,25)(H,23,26). The van der Waals surface area contributed by atoms with Crippen molar-refractivity contribution in [2.24, 2.45) is 11.0 Å². The van der Waals surface area contributed by atoms with Crippen molar-refractivity contribution in [1.29, 1.82) is 0 Å². The van der Waals surface area contributed by atoms with Crippen LogP contribution in [0.5, 0.6) is 0 Å². The summed E-state index contributed by atoms with van der Waals surface area (Å²) in [6.07, 6.45) is 1.33. The van der Waals surface area contributed by atoms with Gasteiger partial charge in [-0.25, -0.2) is 9.82 Å². The predicted molar refractivity (Wildman–Crippen MR) is 101 cm³/mol. The lowest BCUT2D eigenvalue weighted by molar-refractivity contribution is -0.384. The van der Waals surface area contributed by atoms with Crippen LogP contribution in [0, 0.1) is 21.8 Å². The van der Waals surface area contributed by atoms with Crippen molar-refractivity contribution < 1.29 is 18.9 Å². The third kappa shape index (κ3) is 5.70. The van der Waals surface area contributed by atoms with E-state index in [0.717, 1.165) is 12.1 Å². The van der Waals surface area contributed by atoms with Crippen molar-refractivity contribution in [3.63, 3.8) is 0 Å². The summed E-state index contributed by atoms with van der Waals surface area (Å²) in [6, 6.07) is 9.74. The van der Waals surface area contributed by atoms with Gasteiger partial charge in [-0.05, 0) is 47.9 Å². The highest BCUT2D eigenvalue weighted by atomic mass is 19.1. The summed E-state index contributed by atoms with van der Waals surface area (Å²) in [5.41, 5.74) is 3.07. The van der Waals surface area contributed by atoms with Crippen LogP contribution in [-0.2, 0) is 4.79 Å². The van der Waals surface area contributed by atoms with Crippen LogP contribution >= 0.6 is 0 Å². The van der Waals surface area contributed by atoms with Crippen molar-refractivity contribution in [3.05, 3.63) is 75.6 Å². The minimum absolute atomic E-state index is 0.0513. The number of nitrogens with one attached hydrogen (secondary N) is 2. The molecule has 1 unspecified atom stereocenters. The lowest BCUT2D eigenvalue weighted by atomic mass is 10.0. The van der Waals surface area contributed by atoms with Crippen LogP contribution in [0.4, 0.5) is 10.1 Å². The number of hydrogen-bond donors (Lipinski definition) is 2. The Bertz CT molecular complexity index is 880. The van der Waals surface area contributed by atoms with E-state index in [1.165, 1.54) is 42.6 Å². The smallest absolute Gasteiger partial charge is 0.269 e. The van der Waals surface area contributed by atoms with Crippen molar-refractivity contribution in [3.8, 4) is 0 Å². The zero-order valence-corrected chi connectivity index (χ0v) is 15.3. The van der Waals surface area contributed by atoms with Gasteiger partial charge in [0.2, 0.25) is 0 Å². The summed E-state index contributed by atoms with van der Waals surface area (Å²) in [4.78, 5) is 34.7. The predicted octanol–water partition coefficient (Wildman–Crippen LogP) is 2.64. The largest absolute Gasteiger partial charge is 0.340 e. The molecule has 1 atom stereocenters. The SMILES string of the molecule is CC(C)C(NC(=O)c1ccc(F)cc1)C(=O)NN=Cc1ccc([N+](=O)[O-])cc1. The maximum Gasteiger partial charge on any atom is 0.269 e. The van der Waals surface area contributed by atoms with E-state index in [0.29, 0.717) is 5.56 Å². The molecule has 2 rings (SSSR count). The van der Waals surface area contributed by atoms with Gasteiger partial charge in [0.1, 0.15) is 11.9 Å². The van der Waals surface area contributed by atoms with E-state index in [1.807, 2.05) is 0 Å². The molecule has 9 heteroatoms. The number of halogens is 1. The number of benzene rings is 2. The number of rotatable bonds is 7. The molecule has 0 aliphatic rings. The van der Waals surface area contributed by atoms with Crippen molar-refractivity contribution >= 4 is 23.7 Å². The second-order valence-corrected chi connectivity index (χ2v) is 6.28. The van der Waals surface area contributed by atoms with E-state index < -0.39 is 28.6 Å². The zero-order chi connectivity index (χ0) is 20.7. The number of nitrogens with zero attached hydrogens (tertiary/aromatic N) is 2. The van der Waals surface area contributed by atoms with E-state index >= 15 is 0 Å². The van der Waals surface area contributed by atoms with Gasteiger partial charge in [0.05, 0.1) is 11.1 Å². The first-order valence-electron chi connectivity index (χ1n) is 8.41. The number of hydrogen-bond acceptors (Lipinski definition) is 5. The molecule has 2 amide bonds. The molecule has 2 aromatic carbocycles. The van der Waals surface area contributed by atoms with Gasteiger partial charge >= 0.3 is 0 Å². The summed E-state index contributed by atoms with van der Waals surface area (Å²) in [6.45, 7) is 3.52. The summed E-state index contributed by atoms with van der Waals surface area (Å²) in [5.74, 6) is -1.72. The summed E-state index contributed by atoms with van der Waals surface area (Å²) in [5, 5.41) is 17.0. The van der Waals surface area contributed by atoms with Gasteiger partial charge < -0.3 is 5.32 Å². The molecule has 146 valence electrons. The first-order valence-corrected chi connectivity index (χ1v) is 8.41. The number of nitro groups is 1. The number of amides is 2. The molecule has 0 aromatic heterocycles. The molecule has 0 spiro atoms. The average Bonchev–Trinajstić information content (AvgIpc) is 2.66. The average molecular weight is 386 g/mol. The third-order valence-electron chi connectivity index (χ3n) is 3.83. The molecule has 0 fully saturated rings. The summed E-state index contributed by atoms with van der Waals surface area (Å²) >= 11 is 0. The summed E-state index contributed by atoms with van der Waals surface area (Å²) < 4.78 is 13.0. The Morgan fingerprint density at radius 3 is 2.25 bits per heavy atom. The van der Waals surface area contributed by atoms with E-state index in [4.69, 9.17) is 0 Å². The van der Waals surface area contributed by atoms with E-state index in [9.17, 15) is 24.1 Å². The normalized spacial score (nSPS) is 12.0. The zero-order valence-electron chi connectivity index (χ0n) is 15.3. The number of carbonyl (C=O) groups excluding carboxylic acids is 2. The molecule has 0 aliphatic carbocycles. The highest BCUT2D eigenvalue weighted by Gasteiger charge is 2.24. The Labute approximate surface area is 160 Å². The van der Waals surface area contributed by atoms with Gasteiger partial charge in [-0.1, -0.05) is 13.8 Å². The van der Waals surface area contributed by atoms with Gasteiger partial charge in [0, 0.05) is 17.7 Å². The quantitative estimate of drug-likeness (QED) is 0.432. The van der Waals surface area contributed by atoms with Gasteiger partial charge in [-0.3, -0.25) is 19.7 Å². The fraction of sp³-hybridized carbons (Fsp3) is 0.211. The van der Waals surface area contributed by atoms with Gasteiger partial charge in [0.25, 0.3) is 17.5 Å². The van der Waals surface area contributed by atoms with Crippen molar-refractivity contribution in [1.82, 2.24) is 10.7 Å². The maximum absolute atomic E-state index is 13.0. The Hall–Kier alpha value is -3.62. The topological polar surface area (TPSA) is 114 Å². The molecule has 0 saturated carbocycles. The van der Waals surface area contributed by atoms with Gasteiger partial charge in [-0.2, -0.15) is 5.10 Å². The molecule has 28 heavy (non-hydrogen) atoms. The lowest BCUT2D eigenvalue weighted by Crippen LogP contribution is -2.48. The minimum atomic E-state index is -0.855. The molecular formula is C19H19FN4O4. The Morgan fingerprint density at radius 2 is 1.71 bits per heavy atom. The fourth-order valence-corrected chi connectivity index (χ4v) is 2.28. The molecule has 0 heterocycles. The Kier molecular flexibility index (Phi) is 6.91. The second kappa shape index (κ2) is 9.36. The van der Waals surface area contributed by atoms with E-state index in [2.05, 4.69) is 15.8 Å². The molecule has 0 bridgehead atoms. The van der Waals surface area contributed by atoms with Gasteiger partial charge in [0.15, 0.2) is 0 Å². The first-order chi connectivity index (χ1) is 13.3. The molecule has 2 aromatic rings. The highest BCUT2D eigenvalue weighted by molar-refractivity contribution is 5.97. The molecule has 8 nitrogen and oxygen atoms in total. The van der Waals surface area contributed by atoms with Crippen molar-refractivity contribution in [2.45, 2.75) is 19.9 Å². The maximum atomic E-state index is 13.0. The van der Waals surface area contributed by atoms with Gasteiger partial charge in [-0.15, -0.1) is 0 Å². The van der Waals surface area contributed by atoms with Crippen LogP contribution in [0.1, 0.15) is 29.8 Å². The minimum Gasteiger partial charge on any atom is -0.340 e. The second-order valence-electron chi connectivity index (χ2n) is 6.28. The summed E-state index contributed by atoms with van der Waals surface area (Å²) in [7, 11) is 0. The Morgan fingerprint density at radius 1 is 1.11 bits per heavy atom. The number of non-ortho nitro benzene ring substituents is 1. The molecular weight excluding hydrogens is 367 g/mol. The number of carbonyl (C=O) groups is 2. The van der Waals surface area contributed by atoms with Crippen LogP contribution in [0.15, 0.2) is 53.6 Å². The third-order valence-corrected chi connectivity index (χ3v) is 3.83. The van der Waals surface area contributed by atoms with E-state index in [-0.39, 0.29) is 17.2 Å². The van der Waals surface area contributed by atoms with E-state index in [1.54, 1.807) is 13.8 Å². The fourth-order valence-electron chi connectivity index (χ4n) is 2.28.